The molecular formula is C13H11BrF3N3. The second-order valence-corrected chi connectivity index (χ2v) is 5.48. The molecule has 1 aromatic heterocycles. The highest BCUT2D eigenvalue weighted by Gasteiger charge is 2.28. The highest BCUT2D eigenvalue weighted by atomic mass is 79.9. The zero-order valence-electron chi connectivity index (χ0n) is 10.4. The normalized spacial score (nSPS) is 18.7. The average Bonchev–Trinajstić information content (AvgIpc) is 2.68. The molecule has 2 heterocycles. The van der Waals surface area contributed by atoms with E-state index in [4.69, 9.17) is 0 Å². The molecule has 106 valence electrons. The molecule has 1 aromatic carbocycles. The first kappa shape index (κ1) is 13.6. The molecule has 0 bridgehead atoms. The molecule has 0 unspecified atom stereocenters. The number of fused-ring (bicyclic) bond motifs is 1. The molecule has 0 aliphatic carbocycles. The molecule has 3 nitrogen and oxygen atoms in total. The van der Waals surface area contributed by atoms with Gasteiger partial charge in [-0.15, -0.1) is 5.10 Å². The SMILES string of the molecule is Fc1ccc([C@@H]2CCCCn3nc(Br)nc32)c(F)c1F. The highest BCUT2D eigenvalue weighted by molar-refractivity contribution is 9.10. The Morgan fingerprint density at radius 3 is 2.75 bits per heavy atom. The lowest BCUT2D eigenvalue weighted by atomic mass is 9.93. The monoisotopic (exact) mass is 345 g/mol. The van der Waals surface area contributed by atoms with Crippen LogP contribution < -0.4 is 0 Å². The summed E-state index contributed by atoms with van der Waals surface area (Å²) in [5, 5.41) is 4.19. The molecule has 0 spiro atoms. The maximum atomic E-state index is 14.0. The molecule has 1 atom stereocenters. The maximum absolute atomic E-state index is 14.0. The van der Waals surface area contributed by atoms with E-state index in [0.717, 1.165) is 18.9 Å². The number of benzene rings is 1. The van der Waals surface area contributed by atoms with Gasteiger partial charge in [-0.1, -0.05) is 12.5 Å². The van der Waals surface area contributed by atoms with Crippen molar-refractivity contribution in [3.63, 3.8) is 0 Å². The molecular weight excluding hydrogens is 335 g/mol. The molecule has 3 rings (SSSR count). The van der Waals surface area contributed by atoms with E-state index < -0.39 is 23.4 Å². The smallest absolute Gasteiger partial charge is 0.217 e. The van der Waals surface area contributed by atoms with E-state index in [9.17, 15) is 13.2 Å². The fourth-order valence-electron chi connectivity index (χ4n) is 2.59. The molecule has 0 saturated heterocycles. The Morgan fingerprint density at radius 2 is 1.95 bits per heavy atom. The Balaban J connectivity index is 2.12. The van der Waals surface area contributed by atoms with Crippen LogP contribution in [-0.4, -0.2) is 14.8 Å². The minimum absolute atomic E-state index is 0.131. The van der Waals surface area contributed by atoms with Crippen LogP contribution in [0.4, 0.5) is 13.2 Å². The molecule has 0 saturated carbocycles. The molecule has 0 radical (unpaired) electrons. The van der Waals surface area contributed by atoms with Gasteiger partial charge in [0, 0.05) is 18.0 Å². The van der Waals surface area contributed by atoms with Crippen LogP contribution in [0.3, 0.4) is 0 Å². The zero-order chi connectivity index (χ0) is 14.3. The first-order chi connectivity index (χ1) is 9.58. The fraction of sp³-hybridized carbons (Fsp3) is 0.385. The van der Waals surface area contributed by atoms with Crippen LogP contribution >= 0.6 is 15.9 Å². The quantitative estimate of drug-likeness (QED) is 0.736. The Morgan fingerprint density at radius 1 is 1.15 bits per heavy atom. The van der Waals surface area contributed by atoms with Crippen LogP contribution in [-0.2, 0) is 6.54 Å². The molecule has 1 aliphatic rings. The van der Waals surface area contributed by atoms with Gasteiger partial charge in [-0.3, -0.25) is 0 Å². The van der Waals surface area contributed by atoms with Crippen molar-refractivity contribution in [3.8, 4) is 0 Å². The van der Waals surface area contributed by atoms with Crippen LogP contribution in [0.25, 0.3) is 0 Å². The summed E-state index contributed by atoms with van der Waals surface area (Å²) in [5.74, 6) is -3.58. The van der Waals surface area contributed by atoms with Gasteiger partial charge in [0.2, 0.25) is 4.73 Å². The number of hydrogen-bond donors (Lipinski definition) is 0. The highest BCUT2D eigenvalue weighted by Crippen LogP contribution is 2.34. The Bertz CT molecular complexity index is 657. The lowest BCUT2D eigenvalue weighted by molar-refractivity contribution is 0.435. The molecule has 0 fully saturated rings. The molecule has 7 heteroatoms. The topological polar surface area (TPSA) is 30.7 Å². The first-order valence-electron chi connectivity index (χ1n) is 6.31. The van der Waals surface area contributed by atoms with Crippen molar-refractivity contribution in [2.45, 2.75) is 31.7 Å². The first-order valence-corrected chi connectivity index (χ1v) is 7.11. The van der Waals surface area contributed by atoms with Crippen LogP contribution in [0.1, 0.15) is 36.6 Å². The summed E-state index contributed by atoms with van der Waals surface area (Å²) in [7, 11) is 0. The predicted molar refractivity (Wildman–Crippen MR) is 69.7 cm³/mol. The van der Waals surface area contributed by atoms with E-state index in [-0.39, 0.29) is 5.56 Å². The summed E-state index contributed by atoms with van der Waals surface area (Å²) < 4.78 is 42.6. The second-order valence-electron chi connectivity index (χ2n) is 4.78. The van der Waals surface area contributed by atoms with E-state index in [1.807, 2.05) is 0 Å². The summed E-state index contributed by atoms with van der Waals surface area (Å²) in [5.41, 5.74) is 0.131. The van der Waals surface area contributed by atoms with Gasteiger partial charge in [0.1, 0.15) is 5.82 Å². The van der Waals surface area contributed by atoms with Crippen molar-refractivity contribution in [2.75, 3.05) is 0 Å². The summed E-state index contributed by atoms with van der Waals surface area (Å²) in [6.45, 7) is 0.690. The molecule has 0 amide bonds. The molecule has 2 aromatic rings. The molecule has 20 heavy (non-hydrogen) atoms. The summed E-state index contributed by atoms with van der Waals surface area (Å²) in [6, 6.07) is 2.24. The van der Waals surface area contributed by atoms with Gasteiger partial charge in [-0.2, -0.15) is 0 Å². The van der Waals surface area contributed by atoms with E-state index in [1.54, 1.807) is 4.68 Å². The third kappa shape index (κ3) is 2.24. The summed E-state index contributed by atoms with van der Waals surface area (Å²) >= 11 is 3.19. The number of nitrogens with zero attached hydrogens (tertiary/aromatic N) is 3. The van der Waals surface area contributed by atoms with Crippen LogP contribution in [0.2, 0.25) is 0 Å². The van der Waals surface area contributed by atoms with Crippen LogP contribution in [0, 0.1) is 17.5 Å². The number of hydrogen-bond acceptors (Lipinski definition) is 2. The van der Waals surface area contributed by atoms with Crippen molar-refractivity contribution in [3.05, 3.63) is 45.7 Å². The summed E-state index contributed by atoms with van der Waals surface area (Å²) in [4.78, 5) is 4.25. The van der Waals surface area contributed by atoms with Crippen molar-refractivity contribution in [2.24, 2.45) is 0 Å². The predicted octanol–water partition coefficient (Wildman–Crippen LogP) is 3.77. The van der Waals surface area contributed by atoms with Crippen molar-refractivity contribution in [1.29, 1.82) is 0 Å². The fourth-order valence-corrected chi connectivity index (χ4v) is 2.96. The lowest BCUT2D eigenvalue weighted by Crippen LogP contribution is -2.11. The van der Waals surface area contributed by atoms with Gasteiger partial charge in [-0.25, -0.2) is 22.8 Å². The third-order valence-electron chi connectivity index (χ3n) is 3.54. The van der Waals surface area contributed by atoms with E-state index >= 15 is 0 Å². The number of aromatic nitrogens is 3. The number of halogens is 4. The van der Waals surface area contributed by atoms with Gasteiger partial charge in [-0.05, 0) is 34.8 Å². The van der Waals surface area contributed by atoms with Gasteiger partial charge < -0.3 is 0 Å². The van der Waals surface area contributed by atoms with Crippen molar-refractivity contribution in [1.82, 2.24) is 14.8 Å². The Hall–Kier alpha value is -1.37. The van der Waals surface area contributed by atoms with Gasteiger partial charge in [0.15, 0.2) is 17.5 Å². The van der Waals surface area contributed by atoms with E-state index in [1.165, 1.54) is 6.07 Å². The maximum Gasteiger partial charge on any atom is 0.217 e. The third-order valence-corrected chi connectivity index (χ3v) is 3.88. The molecule has 0 N–H and O–H groups in total. The Kier molecular flexibility index (Phi) is 3.54. The minimum Gasteiger partial charge on any atom is -0.248 e. The molecule has 1 aliphatic heterocycles. The standard InChI is InChI=1S/C13H11BrF3N3/c14-13-18-12-8(3-1-2-6-20(12)19-13)7-4-5-9(15)11(17)10(7)16/h4-5,8H,1-3,6H2/t8-/m0/s1. The van der Waals surface area contributed by atoms with Crippen LogP contribution in [0.15, 0.2) is 16.9 Å². The van der Waals surface area contributed by atoms with Gasteiger partial charge in [0.25, 0.3) is 0 Å². The zero-order valence-corrected chi connectivity index (χ0v) is 12.0. The van der Waals surface area contributed by atoms with E-state index in [2.05, 4.69) is 26.0 Å². The van der Waals surface area contributed by atoms with Crippen LogP contribution in [0.5, 0.6) is 0 Å². The summed E-state index contributed by atoms with van der Waals surface area (Å²) in [6.07, 6.45) is 2.38. The van der Waals surface area contributed by atoms with Gasteiger partial charge >= 0.3 is 0 Å². The Labute approximate surface area is 121 Å². The second kappa shape index (κ2) is 5.20. The van der Waals surface area contributed by atoms with Gasteiger partial charge in [0.05, 0.1) is 0 Å². The minimum atomic E-state index is -1.43. The number of rotatable bonds is 1. The lowest BCUT2D eigenvalue weighted by Gasteiger charge is -2.15. The van der Waals surface area contributed by atoms with Crippen molar-refractivity contribution < 1.29 is 13.2 Å². The largest absolute Gasteiger partial charge is 0.248 e. The van der Waals surface area contributed by atoms with Crippen molar-refractivity contribution >= 4 is 15.9 Å². The number of aryl methyl sites for hydroxylation is 1. The average molecular weight is 346 g/mol. The van der Waals surface area contributed by atoms with E-state index in [0.29, 0.717) is 23.5 Å².